The van der Waals surface area contributed by atoms with E-state index in [-0.39, 0.29) is 30.1 Å². The average Bonchev–Trinajstić information content (AvgIpc) is 3.16. The Kier molecular flexibility index (Phi) is 6.28. The van der Waals surface area contributed by atoms with E-state index >= 15 is 0 Å². The molecule has 2 aliphatic rings. The number of imide groups is 1. The number of halogens is 1. The molecule has 9 heteroatoms. The van der Waals surface area contributed by atoms with Gasteiger partial charge in [-0.15, -0.1) is 0 Å². The Labute approximate surface area is 171 Å². The molecule has 0 unspecified atom stereocenters. The monoisotopic (exact) mass is 425 g/mol. The third-order valence-electron chi connectivity index (χ3n) is 5.87. The molecule has 2 atom stereocenters. The van der Waals surface area contributed by atoms with E-state index < -0.39 is 27.2 Å². The minimum atomic E-state index is -3.07. The molecule has 1 N–H and O–H groups in total. The number of carbonyl (C=O) groups is 2. The molecule has 2 aliphatic heterocycles. The first kappa shape index (κ1) is 21.7. The van der Waals surface area contributed by atoms with Gasteiger partial charge in [-0.05, 0) is 37.1 Å². The maximum atomic E-state index is 13.4. The zero-order valence-electron chi connectivity index (χ0n) is 16.9. The summed E-state index contributed by atoms with van der Waals surface area (Å²) in [6.07, 6.45) is 2.47. The Hall–Kier alpha value is -2.00. The van der Waals surface area contributed by atoms with Crippen LogP contribution >= 0.6 is 0 Å². The van der Waals surface area contributed by atoms with Crippen LogP contribution in [0.25, 0.3) is 0 Å². The van der Waals surface area contributed by atoms with Crippen molar-refractivity contribution in [1.82, 2.24) is 15.1 Å². The Bertz CT molecular complexity index is 874. The highest BCUT2D eigenvalue weighted by atomic mass is 32.2. The lowest BCUT2D eigenvalue weighted by Crippen LogP contribution is -2.48. The van der Waals surface area contributed by atoms with E-state index in [2.05, 4.69) is 5.32 Å². The normalized spacial score (nSPS) is 26.3. The predicted octanol–water partition coefficient (Wildman–Crippen LogP) is 2.23. The molecule has 2 saturated heterocycles. The quantitative estimate of drug-likeness (QED) is 0.646. The van der Waals surface area contributed by atoms with Crippen molar-refractivity contribution in [3.05, 3.63) is 35.6 Å². The molecule has 0 radical (unpaired) electrons. The van der Waals surface area contributed by atoms with Crippen LogP contribution in [-0.4, -0.2) is 60.9 Å². The third-order valence-corrected chi connectivity index (χ3v) is 7.62. The summed E-state index contributed by atoms with van der Waals surface area (Å²) in [5.41, 5.74) is -0.665. The van der Waals surface area contributed by atoms with Crippen LogP contribution in [0.5, 0.6) is 0 Å². The molecule has 0 spiro atoms. The van der Waals surface area contributed by atoms with E-state index in [1.54, 1.807) is 0 Å². The van der Waals surface area contributed by atoms with Gasteiger partial charge < -0.3 is 5.32 Å². The summed E-state index contributed by atoms with van der Waals surface area (Å²) in [5.74, 6) is -0.609. The largest absolute Gasteiger partial charge is 0.326 e. The molecule has 1 aromatic carbocycles. The number of benzene rings is 1. The summed E-state index contributed by atoms with van der Waals surface area (Å²) in [6.45, 7) is 4.44. The standard InChI is InChI=1S/C20H28FN3O4S/c1-3-5-11-20(15-6-8-16(21)9-7-15)18(25)24(19(26)22-20)14-23(4-2)17-10-12-29(27,28)13-17/h6-9,17H,3-5,10-14H2,1-2H3,(H,22,26)/t17-,20+/m1/s1. The topological polar surface area (TPSA) is 86.8 Å². The van der Waals surface area contributed by atoms with E-state index in [1.807, 2.05) is 18.7 Å². The van der Waals surface area contributed by atoms with Crippen molar-refractivity contribution >= 4 is 21.8 Å². The fourth-order valence-corrected chi connectivity index (χ4v) is 5.92. The molecule has 0 saturated carbocycles. The molecule has 0 aliphatic carbocycles. The summed E-state index contributed by atoms with van der Waals surface area (Å²) < 4.78 is 37.1. The van der Waals surface area contributed by atoms with Gasteiger partial charge in [0, 0.05) is 6.04 Å². The number of sulfone groups is 1. The average molecular weight is 426 g/mol. The van der Waals surface area contributed by atoms with Gasteiger partial charge in [0.25, 0.3) is 5.91 Å². The molecule has 0 bridgehead atoms. The number of urea groups is 1. The first-order chi connectivity index (χ1) is 13.7. The van der Waals surface area contributed by atoms with Crippen molar-refractivity contribution in [2.24, 2.45) is 0 Å². The summed E-state index contributed by atoms with van der Waals surface area (Å²) in [5, 5.41) is 2.84. The molecule has 29 heavy (non-hydrogen) atoms. The van der Waals surface area contributed by atoms with E-state index in [0.29, 0.717) is 24.9 Å². The molecule has 7 nitrogen and oxygen atoms in total. The minimum Gasteiger partial charge on any atom is -0.319 e. The van der Waals surface area contributed by atoms with E-state index in [4.69, 9.17) is 0 Å². The zero-order chi connectivity index (χ0) is 21.2. The van der Waals surface area contributed by atoms with Gasteiger partial charge in [0.2, 0.25) is 0 Å². The Balaban J connectivity index is 1.86. The van der Waals surface area contributed by atoms with Crippen molar-refractivity contribution < 1.29 is 22.4 Å². The minimum absolute atomic E-state index is 0.0381. The van der Waals surface area contributed by atoms with Gasteiger partial charge in [-0.25, -0.2) is 22.5 Å². The van der Waals surface area contributed by atoms with Crippen molar-refractivity contribution in [3.63, 3.8) is 0 Å². The molecule has 1 aromatic rings. The number of amides is 3. The highest BCUT2D eigenvalue weighted by Crippen LogP contribution is 2.34. The summed E-state index contributed by atoms with van der Waals surface area (Å²) >= 11 is 0. The molecule has 160 valence electrons. The van der Waals surface area contributed by atoms with Gasteiger partial charge in [-0.1, -0.05) is 38.8 Å². The van der Waals surface area contributed by atoms with Crippen LogP contribution in [-0.2, 0) is 20.2 Å². The molecule has 2 fully saturated rings. The summed E-state index contributed by atoms with van der Waals surface area (Å²) in [4.78, 5) is 29.2. The van der Waals surface area contributed by atoms with Gasteiger partial charge in [-0.3, -0.25) is 9.69 Å². The summed E-state index contributed by atoms with van der Waals surface area (Å²) in [7, 11) is -3.07. The van der Waals surface area contributed by atoms with Crippen LogP contribution in [0.2, 0.25) is 0 Å². The molecular weight excluding hydrogens is 397 g/mol. The van der Waals surface area contributed by atoms with Crippen molar-refractivity contribution in [2.75, 3.05) is 24.7 Å². The second kappa shape index (κ2) is 8.39. The first-order valence-corrected chi connectivity index (χ1v) is 11.9. The SMILES string of the molecule is CCCC[C@@]1(c2ccc(F)cc2)NC(=O)N(CN(CC)[C@@H]2CCS(=O)(=O)C2)C1=O. The molecule has 3 amide bonds. The molecule has 0 aromatic heterocycles. The predicted molar refractivity (Wildman–Crippen MR) is 107 cm³/mol. The second-order valence-corrected chi connectivity index (χ2v) is 10.0. The number of carbonyl (C=O) groups excluding carboxylic acids is 2. The molecule has 3 rings (SSSR count). The van der Waals surface area contributed by atoms with Crippen LogP contribution < -0.4 is 5.32 Å². The maximum Gasteiger partial charge on any atom is 0.326 e. The van der Waals surface area contributed by atoms with Gasteiger partial charge in [-0.2, -0.15) is 0 Å². The molecule has 2 heterocycles. The van der Waals surface area contributed by atoms with Crippen LogP contribution in [0.1, 0.15) is 45.1 Å². The van der Waals surface area contributed by atoms with Crippen molar-refractivity contribution in [3.8, 4) is 0 Å². The lowest BCUT2D eigenvalue weighted by atomic mass is 9.85. The van der Waals surface area contributed by atoms with Gasteiger partial charge in [0.1, 0.15) is 11.4 Å². The third kappa shape index (κ3) is 4.30. The molecular formula is C20H28FN3O4S. The first-order valence-electron chi connectivity index (χ1n) is 10.1. The van der Waals surface area contributed by atoms with Crippen LogP contribution in [0, 0.1) is 5.82 Å². The maximum absolute atomic E-state index is 13.4. The number of rotatable bonds is 8. The number of nitrogens with one attached hydrogen (secondary N) is 1. The zero-order valence-corrected chi connectivity index (χ0v) is 17.7. The smallest absolute Gasteiger partial charge is 0.319 e. The number of hydrogen-bond acceptors (Lipinski definition) is 5. The highest BCUT2D eigenvalue weighted by Gasteiger charge is 2.52. The van der Waals surface area contributed by atoms with Gasteiger partial charge in [0.15, 0.2) is 9.84 Å². The fraction of sp³-hybridized carbons (Fsp3) is 0.600. The fourth-order valence-electron chi connectivity index (χ4n) is 4.16. The van der Waals surface area contributed by atoms with E-state index in [1.165, 1.54) is 24.3 Å². The van der Waals surface area contributed by atoms with Crippen LogP contribution in [0.15, 0.2) is 24.3 Å². The van der Waals surface area contributed by atoms with Crippen LogP contribution in [0.3, 0.4) is 0 Å². The Morgan fingerprint density at radius 1 is 1.24 bits per heavy atom. The Morgan fingerprint density at radius 2 is 1.93 bits per heavy atom. The van der Waals surface area contributed by atoms with Crippen molar-refractivity contribution in [2.45, 2.75) is 51.1 Å². The lowest BCUT2D eigenvalue weighted by molar-refractivity contribution is -0.133. The summed E-state index contributed by atoms with van der Waals surface area (Å²) in [6, 6.07) is 4.93. The number of nitrogens with zero attached hydrogens (tertiary/aromatic N) is 2. The van der Waals surface area contributed by atoms with Crippen molar-refractivity contribution in [1.29, 1.82) is 0 Å². The number of unbranched alkanes of at least 4 members (excludes halogenated alkanes) is 1. The Morgan fingerprint density at radius 3 is 2.48 bits per heavy atom. The highest BCUT2D eigenvalue weighted by molar-refractivity contribution is 7.91. The van der Waals surface area contributed by atoms with E-state index in [9.17, 15) is 22.4 Å². The van der Waals surface area contributed by atoms with E-state index in [0.717, 1.165) is 17.7 Å². The lowest BCUT2D eigenvalue weighted by Gasteiger charge is -2.31. The van der Waals surface area contributed by atoms with Gasteiger partial charge >= 0.3 is 6.03 Å². The number of hydrogen-bond donors (Lipinski definition) is 1. The van der Waals surface area contributed by atoms with Crippen LogP contribution in [0.4, 0.5) is 9.18 Å². The second-order valence-electron chi connectivity index (χ2n) is 7.78. The van der Waals surface area contributed by atoms with Gasteiger partial charge in [0.05, 0.1) is 18.2 Å².